The standard InChI is InChI=1S/C12H24N4O/c1-15(2)5-6-16-11(8-14-12(16)13)10-4-3-7-17-9-10/h10-11H,3-9H2,1-2H3,(H2,13,14). The molecular formula is C12H24N4O. The Morgan fingerprint density at radius 2 is 2.35 bits per heavy atom. The smallest absolute Gasteiger partial charge is 0.191 e. The lowest BCUT2D eigenvalue weighted by Gasteiger charge is -2.35. The second kappa shape index (κ2) is 5.69. The van der Waals surface area contributed by atoms with Crippen LogP contribution in [0.15, 0.2) is 4.99 Å². The van der Waals surface area contributed by atoms with Crippen LogP contribution in [0.1, 0.15) is 12.8 Å². The third kappa shape index (κ3) is 3.10. The summed E-state index contributed by atoms with van der Waals surface area (Å²) >= 11 is 0. The summed E-state index contributed by atoms with van der Waals surface area (Å²) in [6.07, 6.45) is 2.41. The molecule has 98 valence electrons. The van der Waals surface area contributed by atoms with Gasteiger partial charge in [-0.1, -0.05) is 0 Å². The summed E-state index contributed by atoms with van der Waals surface area (Å²) in [5.74, 6) is 1.30. The number of nitrogens with zero attached hydrogens (tertiary/aromatic N) is 3. The van der Waals surface area contributed by atoms with Crippen LogP contribution >= 0.6 is 0 Å². The second-order valence-electron chi connectivity index (χ2n) is 5.24. The van der Waals surface area contributed by atoms with E-state index in [9.17, 15) is 0 Å². The number of hydrogen-bond acceptors (Lipinski definition) is 5. The maximum atomic E-state index is 5.98. The van der Waals surface area contributed by atoms with Crippen LogP contribution in [0.5, 0.6) is 0 Å². The molecule has 2 aliphatic heterocycles. The van der Waals surface area contributed by atoms with Gasteiger partial charge in [-0.2, -0.15) is 0 Å². The lowest BCUT2D eigenvalue weighted by atomic mass is 9.93. The number of guanidine groups is 1. The normalized spacial score (nSPS) is 29.8. The van der Waals surface area contributed by atoms with E-state index in [1.807, 2.05) is 0 Å². The first kappa shape index (κ1) is 12.6. The molecule has 0 amide bonds. The summed E-state index contributed by atoms with van der Waals surface area (Å²) in [6, 6.07) is 0.454. The van der Waals surface area contributed by atoms with Crippen LogP contribution in [0, 0.1) is 5.92 Å². The topological polar surface area (TPSA) is 54.1 Å². The van der Waals surface area contributed by atoms with Crippen LogP contribution in [0.3, 0.4) is 0 Å². The molecule has 0 spiro atoms. The monoisotopic (exact) mass is 240 g/mol. The Labute approximate surface area is 104 Å². The first-order valence-electron chi connectivity index (χ1n) is 6.47. The third-order valence-corrected chi connectivity index (χ3v) is 3.66. The minimum atomic E-state index is 0.454. The molecule has 1 saturated heterocycles. The molecule has 2 atom stereocenters. The quantitative estimate of drug-likeness (QED) is 0.750. The Kier molecular flexibility index (Phi) is 4.23. The molecule has 2 heterocycles. The molecule has 2 aliphatic rings. The van der Waals surface area contributed by atoms with E-state index in [1.54, 1.807) is 0 Å². The summed E-state index contributed by atoms with van der Waals surface area (Å²) < 4.78 is 5.57. The Balaban J connectivity index is 1.92. The zero-order chi connectivity index (χ0) is 12.3. The van der Waals surface area contributed by atoms with E-state index >= 15 is 0 Å². The molecule has 2 rings (SSSR count). The molecule has 0 radical (unpaired) electrons. The van der Waals surface area contributed by atoms with Gasteiger partial charge in [0.05, 0.1) is 19.2 Å². The van der Waals surface area contributed by atoms with Gasteiger partial charge < -0.3 is 20.3 Å². The van der Waals surface area contributed by atoms with E-state index in [2.05, 4.69) is 28.9 Å². The van der Waals surface area contributed by atoms with E-state index in [-0.39, 0.29) is 0 Å². The number of aliphatic imine (C=N–C) groups is 1. The predicted octanol–water partition coefficient (Wildman–Crippen LogP) is -0.0265. The Morgan fingerprint density at radius 1 is 1.53 bits per heavy atom. The van der Waals surface area contributed by atoms with Crippen molar-refractivity contribution >= 4 is 5.96 Å². The number of rotatable bonds is 4. The molecule has 5 heteroatoms. The SMILES string of the molecule is CN(C)CCN1C(N)=NCC1C1CCCOC1. The van der Waals surface area contributed by atoms with Crippen LogP contribution in [0.2, 0.25) is 0 Å². The maximum absolute atomic E-state index is 5.98. The van der Waals surface area contributed by atoms with Crippen molar-refractivity contribution in [3.05, 3.63) is 0 Å². The van der Waals surface area contributed by atoms with Crippen molar-refractivity contribution in [2.45, 2.75) is 18.9 Å². The van der Waals surface area contributed by atoms with Crippen molar-refractivity contribution in [1.29, 1.82) is 0 Å². The van der Waals surface area contributed by atoms with Crippen LogP contribution in [-0.2, 0) is 4.74 Å². The zero-order valence-electron chi connectivity index (χ0n) is 10.9. The highest BCUT2D eigenvalue weighted by Gasteiger charge is 2.33. The highest BCUT2D eigenvalue weighted by Crippen LogP contribution is 2.24. The van der Waals surface area contributed by atoms with Gasteiger partial charge in [-0.3, -0.25) is 4.99 Å². The fourth-order valence-corrected chi connectivity index (χ4v) is 2.61. The van der Waals surface area contributed by atoms with Crippen LogP contribution in [-0.4, -0.2) is 68.7 Å². The van der Waals surface area contributed by atoms with Gasteiger partial charge in [-0.15, -0.1) is 0 Å². The Bertz CT molecular complexity index is 274. The van der Waals surface area contributed by atoms with Crippen LogP contribution in [0.25, 0.3) is 0 Å². The summed E-state index contributed by atoms with van der Waals surface area (Å²) in [5, 5.41) is 0. The van der Waals surface area contributed by atoms with Gasteiger partial charge in [0.2, 0.25) is 0 Å². The molecule has 2 unspecified atom stereocenters. The van der Waals surface area contributed by atoms with E-state index in [4.69, 9.17) is 10.5 Å². The van der Waals surface area contributed by atoms with Crippen LogP contribution < -0.4 is 5.73 Å². The molecule has 0 aromatic heterocycles. The molecule has 0 bridgehead atoms. The fourth-order valence-electron chi connectivity index (χ4n) is 2.61. The zero-order valence-corrected chi connectivity index (χ0v) is 10.9. The van der Waals surface area contributed by atoms with Gasteiger partial charge in [0.1, 0.15) is 0 Å². The minimum Gasteiger partial charge on any atom is -0.381 e. The van der Waals surface area contributed by atoms with Crippen molar-refractivity contribution in [3.63, 3.8) is 0 Å². The van der Waals surface area contributed by atoms with E-state index in [0.29, 0.717) is 17.9 Å². The van der Waals surface area contributed by atoms with Gasteiger partial charge in [0.15, 0.2) is 5.96 Å². The fraction of sp³-hybridized carbons (Fsp3) is 0.917. The lowest BCUT2D eigenvalue weighted by molar-refractivity contribution is 0.0279. The maximum Gasteiger partial charge on any atom is 0.191 e. The van der Waals surface area contributed by atoms with Gasteiger partial charge >= 0.3 is 0 Å². The van der Waals surface area contributed by atoms with Crippen molar-refractivity contribution in [1.82, 2.24) is 9.80 Å². The third-order valence-electron chi connectivity index (χ3n) is 3.66. The molecule has 1 fully saturated rings. The summed E-state index contributed by atoms with van der Waals surface area (Å²) in [6.45, 7) is 4.60. The summed E-state index contributed by atoms with van der Waals surface area (Å²) in [4.78, 5) is 8.84. The molecule has 0 aromatic rings. The number of nitrogens with two attached hydrogens (primary N) is 1. The van der Waals surface area contributed by atoms with E-state index in [0.717, 1.165) is 32.8 Å². The van der Waals surface area contributed by atoms with E-state index < -0.39 is 0 Å². The first-order chi connectivity index (χ1) is 8.18. The van der Waals surface area contributed by atoms with E-state index in [1.165, 1.54) is 12.8 Å². The minimum absolute atomic E-state index is 0.454. The Morgan fingerprint density at radius 3 is 3.00 bits per heavy atom. The molecule has 0 aliphatic carbocycles. The van der Waals surface area contributed by atoms with Crippen molar-refractivity contribution in [2.24, 2.45) is 16.6 Å². The molecular weight excluding hydrogens is 216 g/mol. The van der Waals surface area contributed by atoms with Crippen molar-refractivity contribution in [2.75, 3.05) is 46.9 Å². The average Bonchev–Trinajstić information content (AvgIpc) is 2.69. The number of likely N-dealkylation sites (N-methyl/N-ethyl adjacent to an activating group) is 1. The first-order valence-corrected chi connectivity index (χ1v) is 6.47. The molecule has 17 heavy (non-hydrogen) atoms. The van der Waals surface area contributed by atoms with Gasteiger partial charge in [-0.05, 0) is 26.9 Å². The number of hydrogen-bond donors (Lipinski definition) is 1. The molecule has 0 aromatic carbocycles. The second-order valence-corrected chi connectivity index (χ2v) is 5.24. The van der Waals surface area contributed by atoms with Crippen molar-refractivity contribution in [3.8, 4) is 0 Å². The lowest BCUT2D eigenvalue weighted by Crippen LogP contribution is -2.48. The molecule has 2 N–H and O–H groups in total. The van der Waals surface area contributed by atoms with Crippen LogP contribution in [0.4, 0.5) is 0 Å². The predicted molar refractivity (Wildman–Crippen MR) is 69.1 cm³/mol. The Hall–Kier alpha value is -0.810. The highest BCUT2D eigenvalue weighted by molar-refractivity contribution is 5.80. The van der Waals surface area contributed by atoms with Gasteiger partial charge in [-0.25, -0.2) is 0 Å². The average molecular weight is 240 g/mol. The van der Waals surface area contributed by atoms with Crippen molar-refractivity contribution < 1.29 is 4.74 Å². The molecule has 0 saturated carbocycles. The highest BCUT2D eigenvalue weighted by atomic mass is 16.5. The largest absolute Gasteiger partial charge is 0.381 e. The van der Waals surface area contributed by atoms with Gasteiger partial charge in [0.25, 0.3) is 0 Å². The summed E-state index contributed by atoms with van der Waals surface area (Å²) in [7, 11) is 4.17. The molecule has 5 nitrogen and oxygen atoms in total. The summed E-state index contributed by atoms with van der Waals surface area (Å²) in [5.41, 5.74) is 5.98. The number of ether oxygens (including phenoxy) is 1. The van der Waals surface area contributed by atoms with Gasteiger partial charge in [0, 0.05) is 25.6 Å².